The van der Waals surface area contributed by atoms with Gasteiger partial charge in [-0.1, -0.05) is 12.1 Å². The third-order valence-corrected chi connectivity index (χ3v) is 3.49. The highest BCUT2D eigenvalue weighted by molar-refractivity contribution is 6.17. The summed E-state index contributed by atoms with van der Waals surface area (Å²) in [5, 5.41) is 0. The van der Waals surface area contributed by atoms with Crippen molar-refractivity contribution in [2.24, 2.45) is 0 Å². The molecule has 3 heteroatoms. The van der Waals surface area contributed by atoms with Crippen molar-refractivity contribution in [3.05, 3.63) is 28.8 Å². The fourth-order valence-electron chi connectivity index (χ4n) is 1.85. The molecule has 0 aromatic heterocycles. The van der Waals surface area contributed by atoms with Crippen LogP contribution >= 0.6 is 11.6 Å². The molecule has 0 bridgehead atoms. The number of hydrogen-bond acceptors (Lipinski definition) is 2. The van der Waals surface area contributed by atoms with E-state index in [1.54, 1.807) is 7.11 Å². The van der Waals surface area contributed by atoms with Gasteiger partial charge in [-0.15, -0.1) is 11.6 Å². The number of benzene rings is 1. The smallest absolute Gasteiger partial charge is 0.125 e. The van der Waals surface area contributed by atoms with E-state index < -0.39 is 0 Å². The molecular weight excluding hydrogens is 248 g/mol. The van der Waals surface area contributed by atoms with Crippen molar-refractivity contribution in [2.75, 3.05) is 13.7 Å². The number of halogens is 1. The molecule has 0 unspecified atom stereocenters. The lowest BCUT2D eigenvalue weighted by molar-refractivity contribution is 0.00533. The summed E-state index contributed by atoms with van der Waals surface area (Å²) in [6.07, 6.45) is 0.861. The highest BCUT2D eigenvalue weighted by Gasteiger charge is 2.16. The minimum absolute atomic E-state index is 0.141. The number of alkyl halides is 1. The van der Waals surface area contributed by atoms with Gasteiger partial charge in [0.2, 0.25) is 0 Å². The zero-order chi connectivity index (χ0) is 13.8. The Bertz CT molecular complexity index is 376. The van der Waals surface area contributed by atoms with Crippen LogP contribution in [0.1, 0.15) is 37.0 Å². The molecule has 0 atom stereocenters. The summed E-state index contributed by atoms with van der Waals surface area (Å²) >= 11 is 5.85. The number of rotatable bonds is 6. The Morgan fingerprint density at radius 1 is 1.17 bits per heavy atom. The van der Waals surface area contributed by atoms with Crippen molar-refractivity contribution in [1.82, 2.24) is 0 Å². The summed E-state index contributed by atoms with van der Waals surface area (Å²) in [5.41, 5.74) is 3.27. The number of methoxy groups -OCH3 is 1. The zero-order valence-electron chi connectivity index (χ0n) is 12.0. The van der Waals surface area contributed by atoms with Crippen molar-refractivity contribution < 1.29 is 9.47 Å². The molecule has 1 aromatic rings. The van der Waals surface area contributed by atoms with E-state index in [0.717, 1.165) is 28.9 Å². The van der Waals surface area contributed by atoms with Crippen molar-refractivity contribution >= 4 is 11.6 Å². The van der Waals surface area contributed by atoms with E-state index >= 15 is 0 Å². The molecule has 0 aliphatic rings. The van der Waals surface area contributed by atoms with Crippen LogP contribution in [0.25, 0.3) is 0 Å². The maximum absolute atomic E-state index is 5.88. The van der Waals surface area contributed by atoms with Gasteiger partial charge in [-0.05, 0) is 44.4 Å². The van der Waals surface area contributed by atoms with Crippen molar-refractivity contribution in [1.29, 1.82) is 0 Å². The Kier molecular flexibility index (Phi) is 5.48. The van der Waals surface area contributed by atoms with Crippen molar-refractivity contribution in [2.45, 2.75) is 45.6 Å². The molecular formula is C15H23ClO2. The average Bonchev–Trinajstić information content (AvgIpc) is 2.32. The Labute approximate surface area is 115 Å². The van der Waals surface area contributed by atoms with Crippen LogP contribution < -0.4 is 4.74 Å². The van der Waals surface area contributed by atoms with Crippen LogP contribution in [0.5, 0.6) is 5.75 Å². The molecule has 102 valence electrons. The van der Waals surface area contributed by atoms with E-state index in [0.29, 0.717) is 12.5 Å². The molecule has 0 amide bonds. The lowest BCUT2D eigenvalue weighted by Crippen LogP contribution is -2.25. The maximum Gasteiger partial charge on any atom is 0.125 e. The van der Waals surface area contributed by atoms with E-state index in [2.05, 4.69) is 39.8 Å². The molecule has 18 heavy (non-hydrogen) atoms. The Hall–Kier alpha value is -0.730. The molecule has 0 saturated heterocycles. The molecule has 0 heterocycles. The van der Waals surface area contributed by atoms with Crippen molar-refractivity contribution in [3.8, 4) is 5.75 Å². The second-order valence-electron chi connectivity index (χ2n) is 5.25. The monoisotopic (exact) mass is 270 g/mol. The predicted octanol–water partition coefficient (Wildman–Crippen LogP) is 4.24. The minimum Gasteiger partial charge on any atom is -0.493 e. The summed E-state index contributed by atoms with van der Waals surface area (Å²) < 4.78 is 11.3. The second-order valence-corrected chi connectivity index (χ2v) is 5.52. The first-order valence-electron chi connectivity index (χ1n) is 6.23. The molecule has 0 spiro atoms. The average molecular weight is 271 g/mol. The third kappa shape index (κ3) is 4.18. The Morgan fingerprint density at radius 2 is 1.72 bits per heavy atom. The van der Waals surface area contributed by atoms with Crippen LogP contribution in [0, 0.1) is 13.8 Å². The molecule has 0 aliphatic carbocycles. The van der Waals surface area contributed by atoms with E-state index in [1.165, 1.54) is 0 Å². The predicted molar refractivity (Wildman–Crippen MR) is 76.7 cm³/mol. The zero-order valence-corrected chi connectivity index (χ0v) is 12.7. The van der Waals surface area contributed by atoms with E-state index in [9.17, 15) is 0 Å². The van der Waals surface area contributed by atoms with Gasteiger partial charge in [-0.3, -0.25) is 0 Å². The van der Waals surface area contributed by atoms with E-state index in [-0.39, 0.29) is 5.60 Å². The largest absolute Gasteiger partial charge is 0.493 e. The first-order valence-corrected chi connectivity index (χ1v) is 6.77. The van der Waals surface area contributed by atoms with Crippen LogP contribution in [0.3, 0.4) is 0 Å². The van der Waals surface area contributed by atoms with Gasteiger partial charge in [-0.2, -0.15) is 0 Å². The fourth-order valence-corrected chi connectivity index (χ4v) is 2.00. The van der Waals surface area contributed by atoms with Crippen LogP contribution in [0.4, 0.5) is 0 Å². The van der Waals surface area contributed by atoms with Gasteiger partial charge in [0, 0.05) is 19.4 Å². The van der Waals surface area contributed by atoms with Crippen LogP contribution in [-0.2, 0) is 10.6 Å². The molecule has 2 nitrogen and oxygen atoms in total. The highest BCUT2D eigenvalue weighted by Crippen LogP contribution is 2.26. The fraction of sp³-hybridized carbons (Fsp3) is 0.600. The van der Waals surface area contributed by atoms with Gasteiger partial charge in [0.05, 0.1) is 12.2 Å². The van der Waals surface area contributed by atoms with Crippen molar-refractivity contribution in [3.63, 3.8) is 0 Å². The normalized spacial score (nSPS) is 11.7. The summed E-state index contributed by atoms with van der Waals surface area (Å²) in [4.78, 5) is 0. The molecule has 0 saturated carbocycles. The van der Waals surface area contributed by atoms with Gasteiger partial charge in [-0.25, -0.2) is 0 Å². The van der Waals surface area contributed by atoms with E-state index in [1.807, 2.05) is 0 Å². The molecule has 0 radical (unpaired) electrons. The lowest BCUT2D eigenvalue weighted by atomic mass is 10.1. The molecule has 0 aliphatic heterocycles. The molecule has 1 rings (SSSR count). The summed E-state index contributed by atoms with van der Waals surface area (Å²) in [7, 11) is 1.73. The van der Waals surface area contributed by atoms with Gasteiger partial charge >= 0.3 is 0 Å². The number of ether oxygens (including phenoxy) is 2. The van der Waals surface area contributed by atoms with Gasteiger partial charge in [0.25, 0.3) is 0 Å². The summed E-state index contributed by atoms with van der Waals surface area (Å²) in [6.45, 7) is 8.89. The minimum atomic E-state index is -0.141. The van der Waals surface area contributed by atoms with Crippen LogP contribution in [0.15, 0.2) is 12.1 Å². The molecule has 0 fully saturated rings. The molecule has 0 N–H and O–H groups in total. The lowest BCUT2D eigenvalue weighted by Gasteiger charge is -2.23. The third-order valence-electron chi connectivity index (χ3n) is 3.18. The first-order chi connectivity index (χ1) is 8.39. The highest BCUT2D eigenvalue weighted by atomic mass is 35.5. The quantitative estimate of drug-likeness (QED) is 0.720. The van der Waals surface area contributed by atoms with Gasteiger partial charge < -0.3 is 9.47 Å². The van der Waals surface area contributed by atoms with Gasteiger partial charge in [0.15, 0.2) is 0 Å². The van der Waals surface area contributed by atoms with Gasteiger partial charge in [0.1, 0.15) is 5.75 Å². The van der Waals surface area contributed by atoms with Crippen LogP contribution in [-0.4, -0.2) is 19.3 Å². The topological polar surface area (TPSA) is 18.5 Å². The van der Waals surface area contributed by atoms with E-state index in [4.69, 9.17) is 21.1 Å². The molecule has 1 aromatic carbocycles. The Morgan fingerprint density at radius 3 is 2.17 bits per heavy atom. The SMILES string of the molecule is COC(C)(C)CCOc1c(C)cc(CCl)cc1C. The standard InChI is InChI=1S/C15H23ClO2/c1-11-8-13(10-16)9-12(2)14(11)18-7-6-15(3,4)17-5/h8-9H,6-7,10H2,1-5H3. The van der Waals surface area contributed by atoms with Crippen LogP contribution in [0.2, 0.25) is 0 Å². The first kappa shape index (κ1) is 15.3. The maximum atomic E-state index is 5.88. The Balaban J connectivity index is 2.68. The number of hydrogen-bond donors (Lipinski definition) is 0. The second kappa shape index (κ2) is 6.44. The summed E-state index contributed by atoms with van der Waals surface area (Å²) in [6, 6.07) is 4.16. The summed E-state index contributed by atoms with van der Waals surface area (Å²) in [5.74, 6) is 1.51. The number of aryl methyl sites for hydroxylation is 2.